The molecule has 0 radical (unpaired) electrons. The summed E-state index contributed by atoms with van der Waals surface area (Å²) in [4.78, 5) is 31.9. The SMILES string of the molecule is CC(C)(C)OC(=O)NCC(=O)N1Cc2nc(-c3ccc(F)cc3)c(Cc3ccc(Cl)cc3)n2CC1(C)C. The lowest BCUT2D eigenvalue weighted by molar-refractivity contribution is -0.138. The normalized spacial score (nSPS) is 14.7. The van der Waals surface area contributed by atoms with Crippen LogP contribution in [0.3, 0.4) is 0 Å². The van der Waals surface area contributed by atoms with E-state index in [2.05, 4.69) is 9.88 Å². The second-order valence-electron chi connectivity index (χ2n) is 10.9. The van der Waals surface area contributed by atoms with Crippen LogP contribution in [0.5, 0.6) is 0 Å². The largest absolute Gasteiger partial charge is 0.444 e. The van der Waals surface area contributed by atoms with Crippen LogP contribution in [0.15, 0.2) is 48.5 Å². The Morgan fingerprint density at radius 1 is 1.11 bits per heavy atom. The van der Waals surface area contributed by atoms with E-state index in [4.69, 9.17) is 21.3 Å². The van der Waals surface area contributed by atoms with Crippen LogP contribution in [-0.2, 0) is 29.0 Å². The molecule has 1 aliphatic heterocycles. The lowest BCUT2D eigenvalue weighted by Gasteiger charge is -2.43. The van der Waals surface area contributed by atoms with E-state index in [0.29, 0.717) is 18.0 Å². The molecule has 9 heteroatoms. The van der Waals surface area contributed by atoms with Gasteiger partial charge < -0.3 is 19.5 Å². The Balaban J connectivity index is 1.64. The first-order valence-electron chi connectivity index (χ1n) is 12.2. The number of halogens is 2. The predicted molar refractivity (Wildman–Crippen MR) is 141 cm³/mol. The molecular weight excluding hydrogens is 495 g/mol. The van der Waals surface area contributed by atoms with E-state index in [9.17, 15) is 14.0 Å². The maximum atomic E-state index is 13.7. The zero-order valence-corrected chi connectivity index (χ0v) is 22.5. The molecule has 2 amide bonds. The van der Waals surface area contributed by atoms with Crippen LogP contribution < -0.4 is 5.32 Å². The van der Waals surface area contributed by atoms with Crippen LogP contribution in [0.25, 0.3) is 11.3 Å². The number of hydrogen-bond donors (Lipinski definition) is 1. The third-order valence-corrected chi connectivity index (χ3v) is 6.47. The molecule has 196 valence electrons. The lowest BCUT2D eigenvalue weighted by atomic mass is 9.98. The van der Waals surface area contributed by atoms with Crippen LogP contribution in [0.4, 0.5) is 9.18 Å². The number of alkyl carbamates (subject to hydrolysis) is 1. The van der Waals surface area contributed by atoms with Crippen molar-refractivity contribution in [2.75, 3.05) is 6.54 Å². The number of benzene rings is 2. The summed E-state index contributed by atoms with van der Waals surface area (Å²) in [6.45, 7) is 9.89. The molecule has 7 nitrogen and oxygen atoms in total. The fourth-order valence-corrected chi connectivity index (χ4v) is 4.60. The van der Waals surface area contributed by atoms with Crippen molar-refractivity contribution in [3.05, 3.63) is 76.5 Å². The summed E-state index contributed by atoms with van der Waals surface area (Å²) in [6, 6.07) is 13.9. The summed E-state index contributed by atoms with van der Waals surface area (Å²) < 4.78 is 21.1. The topological polar surface area (TPSA) is 76.5 Å². The first-order chi connectivity index (χ1) is 17.3. The van der Waals surface area contributed by atoms with Gasteiger partial charge in [-0.05, 0) is 76.6 Å². The Morgan fingerprint density at radius 2 is 1.76 bits per heavy atom. The Labute approximate surface area is 221 Å². The fourth-order valence-electron chi connectivity index (χ4n) is 4.47. The van der Waals surface area contributed by atoms with Crippen LogP contribution in [0, 0.1) is 5.82 Å². The molecule has 37 heavy (non-hydrogen) atoms. The van der Waals surface area contributed by atoms with E-state index in [0.717, 1.165) is 28.3 Å². The molecule has 0 saturated heterocycles. The summed E-state index contributed by atoms with van der Waals surface area (Å²) in [5.74, 6) is 0.184. The zero-order valence-electron chi connectivity index (χ0n) is 21.8. The molecule has 0 bridgehead atoms. The number of rotatable bonds is 5. The van der Waals surface area contributed by atoms with Gasteiger partial charge in [-0.3, -0.25) is 4.79 Å². The number of ether oxygens (including phenoxy) is 1. The molecule has 0 unspecified atom stereocenters. The van der Waals surface area contributed by atoms with E-state index in [1.807, 2.05) is 38.1 Å². The maximum Gasteiger partial charge on any atom is 0.408 e. The number of carbonyl (C=O) groups is 2. The van der Waals surface area contributed by atoms with Crippen molar-refractivity contribution in [2.24, 2.45) is 0 Å². The highest BCUT2D eigenvalue weighted by molar-refractivity contribution is 6.30. The summed E-state index contributed by atoms with van der Waals surface area (Å²) in [6.07, 6.45) is -0.0396. The molecule has 0 atom stereocenters. The van der Waals surface area contributed by atoms with Gasteiger partial charge in [-0.2, -0.15) is 0 Å². The Kier molecular flexibility index (Phi) is 7.33. The summed E-state index contributed by atoms with van der Waals surface area (Å²) in [7, 11) is 0. The minimum atomic E-state index is -0.653. The molecule has 0 saturated carbocycles. The number of carbonyl (C=O) groups excluding carboxylic acids is 2. The third-order valence-electron chi connectivity index (χ3n) is 6.21. The molecular formula is C28H32ClFN4O3. The molecule has 3 aromatic rings. The van der Waals surface area contributed by atoms with Gasteiger partial charge in [0.25, 0.3) is 0 Å². The molecule has 0 aliphatic carbocycles. The molecule has 1 aromatic heterocycles. The standard InChI is InChI=1S/C28H32ClFN4O3/c1-27(2,3)37-26(36)31-15-24(35)34-16-23-32-25(19-8-12-21(30)13-9-19)22(33(23)17-28(34,4)5)14-18-6-10-20(29)11-7-18/h6-13H,14-17H2,1-5H3,(H,31,36). The highest BCUT2D eigenvalue weighted by atomic mass is 35.5. The van der Waals surface area contributed by atoms with Crippen molar-refractivity contribution < 1.29 is 18.7 Å². The van der Waals surface area contributed by atoms with Crippen LogP contribution in [-0.4, -0.2) is 44.1 Å². The molecule has 0 fully saturated rings. The molecule has 4 rings (SSSR count). The summed E-state index contributed by atoms with van der Waals surface area (Å²) in [5.41, 5.74) is 2.40. The first-order valence-corrected chi connectivity index (χ1v) is 12.6. The van der Waals surface area contributed by atoms with Gasteiger partial charge in [-0.1, -0.05) is 23.7 Å². The van der Waals surface area contributed by atoms with Crippen LogP contribution in [0.1, 0.15) is 51.7 Å². The summed E-state index contributed by atoms with van der Waals surface area (Å²) in [5, 5.41) is 3.22. The molecule has 1 N–H and O–H groups in total. The van der Waals surface area contributed by atoms with Crippen molar-refractivity contribution in [2.45, 2.75) is 65.3 Å². The second-order valence-corrected chi connectivity index (χ2v) is 11.3. The number of aromatic nitrogens is 2. The molecule has 1 aliphatic rings. The number of nitrogens with one attached hydrogen (secondary N) is 1. The Morgan fingerprint density at radius 3 is 2.38 bits per heavy atom. The van der Waals surface area contributed by atoms with Gasteiger partial charge in [0.05, 0.1) is 23.5 Å². The molecule has 2 heterocycles. The highest BCUT2D eigenvalue weighted by Crippen LogP contribution is 2.34. The monoisotopic (exact) mass is 526 g/mol. The highest BCUT2D eigenvalue weighted by Gasteiger charge is 2.38. The van der Waals surface area contributed by atoms with Crippen molar-refractivity contribution >= 4 is 23.6 Å². The van der Waals surface area contributed by atoms with E-state index in [-0.39, 0.29) is 24.8 Å². The number of fused-ring (bicyclic) bond motifs is 1. The number of hydrogen-bond acceptors (Lipinski definition) is 4. The van der Waals surface area contributed by atoms with Gasteiger partial charge in [-0.15, -0.1) is 0 Å². The quantitative estimate of drug-likeness (QED) is 0.471. The van der Waals surface area contributed by atoms with Crippen molar-refractivity contribution in [1.82, 2.24) is 19.8 Å². The number of imidazole rings is 1. The van der Waals surface area contributed by atoms with Crippen LogP contribution in [0.2, 0.25) is 5.02 Å². The Bertz CT molecular complexity index is 1290. The van der Waals surface area contributed by atoms with Crippen LogP contribution >= 0.6 is 11.6 Å². The number of amides is 2. The van der Waals surface area contributed by atoms with Crippen molar-refractivity contribution in [3.63, 3.8) is 0 Å². The van der Waals surface area contributed by atoms with E-state index < -0.39 is 17.2 Å². The van der Waals surface area contributed by atoms with Gasteiger partial charge in [-0.25, -0.2) is 14.2 Å². The minimum Gasteiger partial charge on any atom is -0.444 e. The van der Waals surface area contributed by atoms with Gasteiger partial charge in [0, 0.05) is 23.6 Å². The molecule has 2 aromatic carbocycles. The van der Waals surface area contributed by atoms with Gasteiger partial charge >= 0.3 is 6.09 Å². The van der Waals surface area contributed by atoms with E-state index >= 15 is 0 Å². The van der Waals surface area contributed by atoms with Gasteiger partial charge in [0.2, 0.25) is 5.91 Å². The van der Waals surface area contributed by atoms with E-state index in [1.54, 1.807) is 37.8 Å². The molecule has 0 spiro atoms. The number of nitrogens with zero attached hydrogens (tertiary/aromatic N) is 3. The lowest BCUT2D eigenvalue weighted by Crippen LogP contribution is -2.56. The average Bonchev–Trinajstić information content (AvgIpc) is 3.13. The first kappa shape index (κ1) is 26.7. The van der Waals surface area contributed by atoms with Crippen molar-refractivity contribution in [3.8, 4) is 11.3 Å². The predicted octanol–water partition coefficient (Wildman–Crippen LogP) is 5.58. The minimum absolute atomic E-state index is 0.179. The smallest absolute Gasteiger partial charge is 0.408 e. The van der Waals surface area contributed by atoms with Crippen molar-refractivity contribution in [1.29, 1.82) is 0 Å². The van der Waals surface area contributed by atoms with Gasteiger partial charge in [0.15, 0.2) is 0 Å². The maximum absolute atomic E-state index is 13.7. The van der Waals surface area contributed by atoms with Gasteiger partial charge in [0.1, 0.15) is 23.8 Å². The average molecular weight is 527 g/mol. The van der Waals surface area contributed by atoms with E-state index in [1.165, 1.54) is 12.1 Å². The zero-order chi connectivity index (χ0) is 27.0. The third kappa shape index (κ3) is 6.31. The second kappa shape index (κ2) is 10.2. The summed E-state index contributed by atoms with van der Waals surface area (Å²) >= 11 is 6.09. The Hall–Kier alpha value is -3.39. The fraction of sp³-hybridized carbons (Fsp3) is 0.393.